The van der Waals surface area contributed by atoms with Gasteiger partial charge in [0, 0.05) is 18.7 Å². The van der Waals surface area contributed by atoms with Crippen LogP contribution in [-0.4, -0.2) is 24.0 Å². The second kappa shape index (κ2) is 5.48. The predicted molar refractivity (Wildman–Crippen MR) is 82.7 cm³/mol. The van der Waals surface area contributed by atoms with Crippen molar-refractivity contribution >= 4 is 5.91 Å². The lowest BCUT2D eigenvalue weighted by Crippen LogP contribution is -2.41. The van der Waals surface area contributed by atoms with Crippen LogP contribution in [-0.2, 0) is 6.18 Å². The highest BCUT2D eigenvalue weighted by Crippen LogP contribution is 2.44. The van der Waals surface area contributed by atoms with E-state index in [-0.39, 0.29) is 11.5 Å². The predicted octanol–water partition coefficient (Wildman–Crippen LogP) is 3.27. The Balaban J connectivity index is 1.41. The van der Waals surface area contributed by atoms with Crippen LogP contribution in [0.25, 0.3) is 0 Å². The Bertz CT molecular complexity index is 670. The summed E-state index contributed by atoms with van der Waals surface area (Å²) >= 11 is 0. The number of hydrogen-bond donors (Lipinski definition) is 1. The second-order valence-corrected chi connectivity index (χ2v) is 6.67. The minimum absolute atomic E-state index is 0.233. The fraction of sp³-hybridized carbons (Fsp3) is 0.389. The molecule has 0 saturated carbocycles. The maximum atomic E-state index is 12.6. The molecule has 1 fully saturated rings. The fourth-order valence-electron chi connectivity index (χ4n) is 3.99. The molecule has 4 aliphatic rings. The normalized spacial score (nSPS) is 31.3. The fourth-order valence-corrected chi connectivity index (χ4v) is 3.99. The summed E-state index contributed by atoms with van der Waals surface area (Å²) in [4.78, 5) is 12.3. The van der Waals surface area contributed by atoms with Gasteiger partial charge in [0.05, 0.1) is 5.56 Å². The average molecular weight is 334 g/mol. The Morgan fingerprint density at radius 2 is 1.46 bits per heavy atom. The Morgan fingerprint density at radius 1 is 0.958 bits per heavy atom. The third-order valence-electron chi connectivity index (χ3n) is 5.25. The Morgan fingerprint density at radius 3 is 1.92 bits per heavy atom. The zero-order valence-corrected chi connectivity index (χ0v) is 12.8. The maximum Gasteiger partial charge on any atom is 0.416 e. The number of carbonyl (C=O) groups is 1. The van der Waals surface area contributed by atoms with Crippen LogP contribution >= 0.6 is 0 Å². The molecule has 3 aliphatic carbocycles. The smallest absolute Gasteiger partial charge is 0.285 e. The van der Waals surface area contributed by atoms with Gasteiger partial charge in [-0.25, -0.2) is 5.01 Å². The number of nitrogens with zero attached hydrogens (tertiary/aromatic N) is 1. The number of hydrazine groups is 1. The Hall–Kier alpha value is -2.08. The summed E-state index contributed by atoms with van der Waals surface area (Å²) < 4.78 is 37.7. The topological polar surface area (TPSA) is 32.3 Å². The van der Waals surface area contributed by atoms with E-state index in [9.17, 15) is 18.0 Å². The van der Waals surface area contributed by atoms with E-state index in [0.29, 0.717) is 23.7 Å². The summed E-state index contributed by atoms with van der Waals surface area (Å²) in [7, 11) is 0. The van der Waals surface area contributed by atoms with Crippen molar-refractivity contribution < 1.29 is 18.0 Å². The van der Waals surface area contributed by atoms with Crippen molar-refractivity contribution in [1.29, 1.82) is 0 Å². The van der Waals surface area contributed by atoms with E-state index in [2.05, 4.69) is 29.7 Å². The molecule has 6 heteroatoms. The van der Waals surface area contributed by atoms with Crippen LogP contribution in [0.3, 0.4) is 0 Å². The molecular formula is C18H17F3N2O. The van der Waals surface area contributed by atoms with E-state index in [1.54, 1.807) is 0 Å². The molecule has 1 saturated heterocycles. The highest BCUT2D eigenvalue weighted by atomic mass is 19.4. The van der Waals surface area contributed by atoms with Gasteiger partial charge in [-0.1, -0.05) is 24.3 Å². The standard InChI is InChI=1S/C18H17F3N2O/c19-18(20,21)14-7-5-13(6-8-14)17(24)22-23-9-15-11-1-2-12(4-3-11)16(15)10-23/h1-8,11-12,15-16H,9-10H2,(H,22,24). The summed E-state index contributed by atoms with van der Waals surface area (Å²) in [6, 6.07) is 4.31. The molecule has 1 N–H and O–H groups in total. The van der Waals surface area contributed by atoms with Crippen LogP contribution in [0.5, 0.6) is 0 Å². The lowest BCUT2D eigenvalue weighted by atomic mass is 9.68. The van der Waals surface area contributed by atoms with Crippen LogP contribution in [0.1, 0.15) is 15.9 Å². The molecular weight excluding hydrogens is 317 g/mol. The van der Waals surface area contributed by atoms with Crippen molar-refractivity contribution in [2.24, 2.45) is 23.7 Å². The van der Waals surface area contributed by atoms with Gasteiger partial charge in [-0.2, -0.15) is 13.2 Å². The lowest BCUT2D eigenvalue weighted by molar-refractivity contribution is -0.137. The maximum absolute atomic E-state index is 12.6. The molecule has 1 aromatic rings. The van der Waals surface area contributed by atoms with Gasteiger partial charge < -0.3 is 0 Å². The number of nitrogens with one attached hydrogen (secondary N) is 1. The minimum Gasteiger partial charge on any atom is -0.285 e. The molecule has 0 aromatic heterocycles. The van der Waals surface area contributed by atoms with E-state index >= 15 is 0 Å². The van der Waals surface area contributed by atoms with E-state index in [0.717, 1.165) is 25.2 Å². The monoisotopic (exact) mass is 334 g/mol. The minimum atomic E-state index is -4.39. The van der Waals surface area contributed by atoms with E-state index in [4.69, 9.17) is 0 Å². The highest BCUT2D eigenvalue weighted by molar-refractivity contribution is 5.93. The van der Waals surface area contributed by atoms with E-state index in [1.807, 2.05) is 5.01 Å². The van der Waals surface area contributed by atoms with Crippen LogP contribution in [0.4, 0.5) is 13.2 Å². The van der Waals surface area contributed by atoms with Crippen molar-refractivity contribution in [3.05, 3.63) is 59.7 Å². The van der Waals surface area contributed by atoms with Crippen LogP contribution in [0.15, 0.2) is 48.6 Å². The summed E-state index contributed by atoms with van der Waals surface area (Å²) in [5.41, 5.74) is 2.32. The average Bonchev–Trinajstić information content (AvgIpc) is 3.01. The first-order valence-corrected chi connectivity index (χ1v) is 8.01. The van der Waals surface area contributed by atoms with Gasteiger partial charge in [0.15, 0.2) is 0 Å². The molecule has 1 heterocycles. The zero-order chi connectivity index (χ0) is 16.9. The molecule has 1 aromatic carbocycles. The van der Waals surface area contributed by atoms with E-state index in [1.165, 1.54) is 12.1 Å². The molecule has 1 amide bonds. The van der Waals surface area contributed by atoms with Crippen LogP contribution in [0.2, 0.25) is 0 Å². The molecule has 3 nitrogen and oxygen atoms in total. The lowest BCUT2D eigenvalue weighted by Gasteiger charge is -2.36. The molecule has 2 bridgehead atoms. The second-order valence-electron chi connectivity index (χ2n) is 6.67. The number of amides is 1. The van der Waals surface area contributed by atoms with E-state index < -0.39 is 11.7 Å². The number of halogens is 3. The zero-order valence-electron chi connectivity index (χ0n) is 12.8. The van der Waals surface area contributed by atoms with Gasteiger partial charge in [-0.3, -0.25) is 10.2 Å². The van der Waals surface area contributed by atoms with Crippen molar-refractivity contribution in [2.45, 2.75) is 6.18 Å². The molecule has 126 valence electrons. The van der Waals surface area contributed by atoms with Gasteiger partial charge in [0.2, 0.25) is 0 Å². The third kappa shape index (κ3) is 2.65. The van der Waals surface area contributed by atoms with Gasteiger partial charge in [0.25, 0.3) is 5.91 Å². The molecule has 24 heavy (non-hydrogen) atoms. The quantitative estimate of drug-likeness (QED) is 0.842. The number of allylic oxidation sites excluding steroid dienone is 4. The Labute approximate surface area is 137 Å². The summed E-state index contributed by atoms with van der Waals surface area (Å²) in [6.07, 6.45) is 4.53. The van der Waals surface area contributed by atoms with Gasteiger partial charge >= 0.3 is 6.18 Å². The molecule has 1 aliphatic heterocycles. The number of hydrogen-bond acceptors (Lipinski definition) is 2. The molecule has 0 radical (unpaired) electrons. The first-order valence-electron chi connectivity index (χ1n) is 8.01. The molecule has 2 unspecified atom stereocenters. The number of alkyl halides is 3. The first kappa shape index (κ1) is 15.4. The van der Waals surface area contributed by atoms with Gasteiger partial charge in [-0.15, -0.1) is 0 Å². The van der Waals surface area contributed by atoms with Crippen molar-refractivity contribution in [3.63, 3.8) is 0 Å². The van der Waals surface area contributed by atoms with Crippen LogP contribution in [0, 0.1) is 23.7 Å². The Kier molecular flexibility index (Phi) is 3.53. The number of benzene rings is 1. The SMILES string of the molecule is O=C(NN1CC2C3C=CC(C=C3)C2C1)c1ccc(C(F)(F)F)cc1. The number of rotatable bonds is 2. The highest BCUT2D eigenvalue weighted by Gasteiger charge is 2.44. The van der Waals surface area contributed by atoms with Gasteiger partial charge in [-0.05, 0) is 47.9 Å². The largest absolute Gasteiger partial charge is 0.416 e. The first-order chi connectivity index (χ1) is 11.4. The summed E-state index contributed by atoms with van der Waals surface area (Å²) in [6.45, 7) is 1.54. The molecule has 5 rings (SSSR count). The summed E-state index contributed by atoms with van der Waals surface area (Å²) in [5.74, 6) is 1.48. The molecule has 0 spiro atoms. The van der Waals surface area contributed by atoms with Gasteiger partial charge in [0.1, 0.15) is 0 Å². The summed E-state index contributed by atoms with van der Waals surface area (Å²) in [5, 5.41) is 1.90. The van der Waals surface area contributed by atoms with Crippen molar-refractivity contribution in [2.75, 3.05) is 13.1 Å². The third-order valence-corrected chi connectivity index (χ3v) is 5.25. The van der Waals surface area contributed by atoms with Crippen LogP contribution < -0.4 is 5.43 Å². The van der Waals surface area contributed by atoms with Crippen molar-refractivity contribution in [1.82, 2.24) is 10.4 Å². The molecule has 2 atom stereocenters. The van der Waals surface area contributed by atoms with Crippen molar-refractivity contribution in [3.8, 4) is 0 Å². The number of carbonyl (C=O) groups excluding carboxylic acids is 1.